The SMILES string of the molecule is C=CCOC(=O)C1=C(C)NC(SCC(=O)Nc2cc(C)ccc2C)=C(C#N)[C@@H]1c1ccccc1OC. The Hall–Kier alpha value is -3.96. The number of aryl methyl sites for hydroxylation is 2. The fraction of sp³-hybridized carbons (Fsp3) is 0.250. The Morgan fingerprint density at radius 1 is 1.22 bits per heavy atom. The van der Waals surface area contributed by atoms with Crippen LogP contribution in [0, 0.1) is 25.2 Å². The molecule has 2 N–H and O–H groups in total. The molecule has 0 radical (unpaired) electrons. The van der Waals surface area contributed by atoms with Gasteiger partial charge in [-0.05, 0) is 44.0 Å². The normalized spacial score (nSPS) is 15.0. The Bertz CT molecular complexity index is 1290. The molecule has 0 unspecified atom stereocenters. The fourth-order valence-electron chi connectivity index (χ4n) is 3.92. The number of benzene rings is 2. The van der Waals surface area contributed by atoms with E-state index < -0.39 is 11.9 Å². The molecule has 0 saturated carbocycles. The molecule has 0 aromatic heterocycles. The number of methoxy groups -OCH3 is 1. The lowest BCUT2D eigenvalue weighted by Crippen LogP contribution is -2.29. The van der Waals surface area contributed by atoms with Crippen molar-refractivity contribution < 1.29 is 19.1 Å². The van der Waals surface area contributed by atoms with Crippen LogP contribution >= 0.6 is 11.8 Å². The Balaban J connectivity index is 1.95. The minimum atomic E-state index is -0.728. The first kappa shape index (κ1) is 26.6. The van der Waals surface area contributed by atoms with Crippen LogP contribution < -0.4 is 15.4 Å². The highest BCUT2D eigenvalue weighted by Crippen LogP contribution is 2.43. The standard InChI is InChI=1S/C28H29N3O4S/c1-6-13-35-28(33)25-19(4)30-27(21(15-29)26(25)20-9-7-8-10-23(20)34-5)36-16-24(32)31-22-14-17(2)11-12-18(22)3/h6-12,14,26,30H,1,13,16H2,2-5H3,(H,31,32)/t26-/m0/s1. The number of ether oxygens (including phenoxy) is 2. The number of dihydropyridines is 1. The van der Waals surface area contributed by atoms with Crippen LogP contribution in [-0.2, 0) is 14.3 Å². The summed E-state index contributed by atoms with van der Waals surface area (Å²) in [4.78, 5) is 25.8. The summed E-state index contributed by atoms with van der Waals surface area (Å²) in [5.74, 6) is -0.874. The topological polar surface area (TPSA) is 100 Å². The average Bonchev–Trinajstić information content (AvgIpc) is 2.87. The second-order valence-corrected chi connectivity index (χ2v) is 9.22. The van der Waals surface area contributed by atoms with Gasteiger partial charge < -0.3 is 20.1 Å². The number of hydrogen-bond donors (Lipinski definition) is 2. The van der Waals surface area contributed by atoms with E-state index in [4.69, 9.17) is 9.47 Å². The molecule has 0 fully saturated rings. The molecule has 1 aliphatic rings. The molecule has 0 saturated heterocycles. The van der Waals surface area contributed by atoms with E-state index in [1.807, 2.05) is 50.2 Å². The largest absolute Gasteiger partial charge is 0.496 e. The highest BCUT2D eigenvalue weighted by molar-refractivity contribution is 8.03. The lowest BCUT2D eigenvalue weighted by Gasteiger charge is -2.30. The molecule has 1 atom stereocenters. The number of amides is 1. The number of esters is 1. The van der Waals surface area contributed by atoms with E-state index in [1.165, 1.54) is 24.9 Å². The molecule has 1 heterocycles. The smallest absolute Gasteiger partial charge is 0.337 e. The minimum absolute atomic E-state index is 0.0417. The number of hydrogen-bond acceptors (Lipinski definition) is 7. The van der Waals surface area contributed by atoms with Gasteiger partial charge in [0.25, 0.3) is 0 Å². The average molecular weight is 504 g/mol. The molecule has 8 heteroatoms. The third-order valence-electron chi connectivity index (χ3n) is 5.66. The van der Waals surface area contributed by atoms with Gasteiger partial charge in [-0.3, -0.25) is 4.79 Å². The lowest BCUT2D eigenvalue weighted by molar-refractivity contribution is -0.138. The van der Waals surface area contributed by atoms with Gasteiger partial charge in [0, 0.05) is 16.9 Å². The number of para-hydroxylation sites is 1. The van der Waals surface area contributed by atoms with Crippen LogP contribution in [0.25, 0.3) is 0 Å². The molecule has 0 aliphatic carbocycles. The van der Waals surface area contributed by atoms with Crippen molar-refractivity contribution in [2.75, 3.05) is 24.8 Å². The predicted octanol–water partition coefficient (Wildman–Crippen LogP) is 5.11. The lowest BCUT2D eigenvalue weighted by atomic mass is 9.82. The van der Waals surface area contributed by atoms with Crippen molar-refractivity contribution in [2.24, 2.45) is 0 Å². The summed E-state index contributed by atoms with van der Waals surface area (Å²) in [6.07, 6.45) is 1.49. The van der Waals surface area contributed by atoms with Crippen LogP contribution in [0.4, 0.5) is 5.69 Å². The number of nitriles is 1. The van der Waals surface area contributed by atoms with Gasteiger partial charge in [0.1, 0.15) is 12.4 Å². The first-order chi connectivity index (χ1) is 17.3. The molecule has 0 bridgehead atoms. The maximum Gasteiger partial charge on any atom is 0.337 e. The van der Waals surface area contributed by atoms with Crippen LogP contribution in [0.2, 0.25) is 0 Å². The third-order valence-corrected chi connectivity index (χ3v) is 6.68. The van der Waals surface area contributed by atoms with Crippen molar-refractivity contribution in [3.05, 3.63) is 93.7 Å². The molecule has 2 aromatic rings. The van der Waals surface area contributed by atoms with Gasteiger partial charge in [0.2, 0.25) is 5.91 Å². The van der Waals surface area contributed by atoms with E-state index in [0.717, 1.165) is 16.8 Å². The Morgan fingerprint density at radius 3 is 2.67 bits per heavy atom. The Morgan fingerprint density at radius 2 is 1.97 bits per heavy atom. The van der Waals surface area contributed by atoms with E-state index >= 15 is 0 Å². The van der Waals surface area contributed by atoms with Crippen molar-refractivity contribution >= 4 is 29.3 Å². The van der Waals surface area contributed by atoms with Gasteiger partial charge in [-0.15, -0.1) is 0 Å². The summed E-state index contributed by atoms with van der Waals surface area (Å²) in [6, 6.07) is 15.3. The Labute approximate surface area is 215 Å². The number of allylic oxidation sites excluding steroid dienone is 2. The zero-order valence-electron chi connectivity index (χ0n) is 20.8. The minimum Gasteiger partial charge on any atom is -0.496 e. The number of nitrogens with zero attached hydrogens (tertiary/aromatic N) is 1. The summed E-state index contributed by atoms with van der Waals surface area (Å²) < 4.78 is 10.9. The van der Waals surface area contributed by atoms with Gasteiger partial charge in [-0.1, -0.05) is 54.7 Å². The van der Waals surface area contributed by atoms with Gasteiger partial charge in [0.15, 0.2) is 0 Å². The van der Waals surface area contributed by atoms with Crippen LogP contribution in [0.5, 0.6) is 5.75 Å². The quantitative estimate of drug-likeness (QED) is 0.362. The maximum atomic E-state index is 13.0. The first-order valence-corrected chi connectivity index (χ1v) is 12.3. The summed E-state index contributed by atoms with van der Waals surface area (Å²) in [7, 11) is 1.54. The van der Waals surface area contributed by atoms with Gasteiger partial charge >= 0.3 is 5.97 Å². The van der Waals surface area contributed by atoms with Crippen LogP contribution in [-0.4, -0.2) is 31.3 Å². The van der Waals surface area contributed by atoms with E-state index in [9.17, 15) is 14.9 Å². The molecule has 7 nitrogen and oxygen atoms in total. The van der Waals surface area contributed by atoms with Crippen molar-refractivity contribution in [1.82, 2.24) is 5.32 Å². The van der Waals surface area contributed by atoms with Gasteiger partial charge in [-0.2, -0.15) is 5.26 Å². The van der Waals surface area contributed by atoms with Crippen LogP contribution in [0.15, 0.2) is 77.0 Å². The number of carbonyl (C=O) groups excluding carboxylic acids is 2. The molecule has 186 valence electrons. The third kappa shape index (κ3) is 5.99. The molecule has 2 aromatic carbocycles. The number of carbonyl (C=O) groups is 2. The van der Waals surface area contributed by atoms with Crippen molar-refractivity contribution in [3.8, 4) is 11.8 Å². The molecule has 1 amide bonds. The first-order valence-electron chi connectivity index (χ1n) is 11.3. The highest BCUT2D eigenvalue weighted by atomic mass is 32.2. The maximum absolute atomic E-state index is 13.0. The van der Waals surface area contributed by atoms with E-state index in [2.05, 4.69) is 23.3 Å². The highest BCUT2D eigenvalue weighted by Gasteiger charge is 2.37. The van der Waals surface area contributed by atoms with Crippen LogP contribution in [0.1, 0.15) is 29.5 Å². The zero-order valence-corrected chi connectivity index (χ0v) is 21.6. The molecule has 1 aliphatic heterocycles. The van der Waals surface area contributed by atoms with Gasteiger partial charge in [-0.25, -0.2) is 4.79 Å². The second kappa shape index (κ2) is 12.1. The number of anilines is 1. The van der Waals surface area contributed by atoms with Gasteiger partial charge in [0.05, 0.1) is 41.0 Å². The molecular formula is C28H29N3O4S. The summed E-state index contributed by atoms with van der Waals surface area (Å²) in [5.41, 5.74) is 4.56. The second-order valence-electron chi connectivity index (χ2n) is 8.24. The molecule has 36 heavy (non-hydrogen) atoms. The molecule has 0 spiro atoms. The number of nitrogens with one attached hydrogen (secondary N) is 2. The number of rotatable bonds is 9. The van der Waals surface area contributed by atoms with E-state index in [0.29, 0.717) is 33.2 Å². The predicted molar refractivity (Wildman–Crippen MR) is 142 cm³/mol. The van der Waals surface area contributed by atoms with E-state index in [1.54, 1.807) is 13.0 Å². The summed E-state index contributed by atoms with van der Waals surface area (Å²) in [6.45, 7) is 9.28. The monoisotopic (exact) mass is 503 g/mol. The summed E-state index contributed by atoms with van der Waals surface area (Å²) in [5, 5.41) is 16.8. The number of thioether (sulfide) groups is 1. The Kier molecular flexibility index (Phi) is 8.98. The van der Waals surface area contributed by atoms with Crippen molar-refractivity contribution in [2.45, 2.75) is 26.7 Å². The van der Waals surface area contributed by atoms with Crippen LogP contribution in [0.3, 0.4) is 0 Å². The zero-order chi connectivity index (χ0) is 26.2. The summed E-state index contributed by atoms with van der Waals surface area (Å²) >= 11 is 1.21. The molecular weight excluding hydrogens is 474 g/mol. The fourth-order valence-corrected chi connectivity index (χ4v) is 4.81. The van der Waals surface area contributed by atoms with Crippen molar-refractivity contribution in [1.29, 1.82) is 5.26 Å². The van der Waals surface area contributed by atoms with Crippen molar-refractivity contribution in [3.63, 3.8) is 0 Å². The molecule has 3 rings (SSSR count). The van der Waals surface area contributed by atoms with E-state index in [-0.39, 0.29) is 18.3 Å².